The number of anilines is 1. The van der Waals surface area contributed by atoms with Crippen LogP contribution in [0.15, 0.2) is 61.1 Å². The first-order valence-corrected chi connectivity index (χ1v) is 8.64. The number of nitrogens with zero attached hydrogens (tertiary/aromatic N) is 4. The summed E-state index contributed by atoms with van der Waals surface area (Å²) in [5.41, 5.74) is 7.23. The van der Waals surface area contributed by atoms with Crippen LogP contribution >= 0.6 is 23.2 Å². The van der Waals surface area contributed by atoms with Crippen LogP contribution < -0.4 is 10.9 Å². The van der Waals surface area contributed by atoms with Gasteiger partial charge in [-0.05, 0) is 30.3 Å². The molecule has 27 heavy (non-hydrogen) atoms. The number of fused-ring (bicyclic) bond motifs is 1. The first kappa shape index (κ1) is 17.3. The minimum Gasteiger partial charge on any atom is -0.281 e. The van der Waals surface area contributed by atoms with Crippen molar-refractivity contribution in [1.29, 1.82) is 0 Å². The molecule has 0 saturated carbocycles. The van der Waals surface area contributed by atoms with Gasteiger partial charge in [0.2, 0.25) is 0 Å². The van der Waals surface area contributed by atoms with E-state index in [-0.39, 0.29) is 5.91 Å². The molecular formula is C18H12Cl2N6O. The Kier molecular flexibility index (Phi) is 4.62. The van der Waals surface area contributed by atoms with E-state index in [0.29, 0.717) is 38.1 Å². The molecule has 9 heteroatoms. The quantitative estimate of drug-likeness (QED) is 0.509. The maximum absolute atomic E-state index is 12.2. The van der Waals surface area contributed by atoms with Crippen molar-refractivity contribution in [2.75, 3.05) is 5.43 Å². The molecule has 2 heterocycles. The normalized spacial score (nSPS) is 10.7. The van der Waals surface area contributed by atoms with Crippen molar-refractivity contribution in [2.45, 2.75) is 0 Å². The minimum absolute atomic E-state index is 0.278. The monoisotopic (exact) mass is 398 g/mol. The number of amides is 1. The number of hydrazine groups is 1. The van der Waals surface area contributed by atoms with Crippen LogP contribution in [0.1, 0.15) is 10.4 Å². The predicted molar refractivity (Wildman–Crippen MR) is 104 cm³/mol. The van der Waals surface area contributed by atoms with Gasteiger partial charge in [0.05, 0.1) is 27.3 Å². The Morgan fingerprint density at radius 2 is 1.81 bits per heavy atom. The third kappa shape index (κ3) is 3.42. The topological polar surface area (TPSA) is 84.7 Å². The zero-order valence-corrected chi connectivity index (χ0v) is 15.2. The second-order valence-electron chi connectivity index (χ2n) is 5.56. The van der Waals surface area contributed by atoms with Gasteiger partial charge in [-0.2, -0.15) is 5.10 Å². The third-order valence-corrected chi connectivity index (χ3v) is 4.58. The van der Waals surface area contributed by atoms with Gasteiger partial charge in [-0.25, -0.2) is 14.6 Å². The molecule has 1 amide bonds. The van der Waals surface area contributed by atoms with E-state index in [1.54, 1.807) is 53.3 Å². The lowest BCUT2D eigenvalue weighted by molar-refractivity contribution is 0.0962. The molecule has 0 aliphatic heterocycles. The number of hydrogen-bond donors (Lipinski definition) is 2. The van der Waals surface area contributed by atoms with E-state index in [1.165, 1.54) is 6.33 Å². The average Bonchev–Trinajstić information content (AvgIpc) is 3.13. The summed E-state index contributed by atoms with van der Waals surface area (Å²) < 4.78 is 1.61. The summed E-state index contributed by atoms with van der Waals surface area (Å²) >= 11 is 12.1. The number of halogens is 2. The molecule has 0 atom stereocenters. The smallest absolute Gasteiger partial charge is 0.269 e. The van der Waals surface area contributed by atoms with Crippen LogP contribution in [0.2, 0.25) is 10.0 Å². The van der Waals surface area contributed by atoms with Gasteiger partial charge in [-0.15, -0.1) is 0 Å². The van der Waals surface area contributed by atoms with Gasteiger partial charge in [-0.3, -0.25) is 15.6 Å². The number of nitrogens with one attached hydrogen (secondary N) is 2. The lowest BCUT2D eigenvalue weighted by atomic mass is 10.2. The Hall–Kier alpha value is -3.16. The molecule has 0 fully saturated rings. The van der Waals surface area contributed by atoms with Crippen molar-refractivity contribution < 1.29 is 4.79 Å². The largest absolute Gasteiger partial charge is 0.281 e. The summed E-state index contributed by atoms with van der Waals surface area (Å²) in [7, 11) is 0. The van der Waals surface area contributed by atoms with Crippen molar-refractivity contribution in [3.63, 3.8) is 0 Å². The predicted octanol–water partition coefficient (Wildman–Crippen LogP) is 3.88. The fraction of sp³-hybridized carbons (Fsp3) is 0. The van der Waals surface area contributed by atoms with E-state index in [9.17, 15) is 4.79 Å². The molecule has 0 unspecified atom stereocenters. The van der Waals surface area contributed by atoms with Crippen LogP contribution in [0, 0.1) is 0 Å². The summed E-state index contributed by atoms with van der Waals surface area (Å²) in [5.74, 6) is 0.148. The molecular weight excluding hydrogens is 387 g/mol. The molecule has 4 aromatic rings. The van der Waals surface area contributed by atoms with Crippen LogP contribution in [-0.4, -0.2) is 25.7 Å². The SMILES string of the molecule is O=C(NNc1ncnc2c1cnn2-c1ccc(Cl)c(Cl)c1)c1ccccc1. The van der Waals surface area contributed by atoms with E-state index < -0.39 is 0 Å². The standard InChI is InChI=1S/C18H12Cl2N6O/c19-14-7-6-12(8-15(14)20)26-17-13(9-23-26)16(21-10-22-17)24-25-18(27)11-4-2-1-3-5-11/h1-10H,(H,25,27)(H,21,22,24). The van der Waals surface area contributed by atoms with Gasteiger partial charge in [0.1, 0.15) is 6.33 Å². The first-order chi connectivity index (χ1) is 13.1. The fourth-order valence-electron chi connectivity index (χ4n) is 2.53. The molecule has 0 spiro atoms. The van der Waals surface area contributed by atoms with Crippen LogP contribution in [0.4, 0.5) is 5.82 Å². The molecule has 0 radical (unpaired) electrons. The number of benzene rings is 2. The van der Waals surface area contributed by atoms with Crippen molar-refractivity contribution in [1.82, 2.24) is 25.2 Å². The number of carbonyl (C=O) groups excluding carboxylic acids is 1. The van der Waals surface area contributed by atoms with Gasteiger partial charge in [0, 0.05) is 5.56 Å². The van der Waals surface area contributed by atoms with Crippen LogP contribution in [0.25, 0.3) is 16.7 Å². The zero-order valence-electron chi connectivity index (χ0n) is 13.7. The fourth-order valence-corrected chi connectivity index (χ4v) is 2.82. The highest BCUT2D eigenvalue weighted by atomic mass is 35.5. The van der Waals surface area contributed by atoms with Crippen LogP contribution in [0.5, 0.6) is 0 Å². The van der Waals surface area contributed by atoms with E-state index in [1.807, 2.05) is 6.07 Å². The summed E-state index contributed by atoms with van der Waals surface area (Å²) in [5, 5.41) is 5.85. The van der Waals surface area contributed by atoms with Gasteiger partial charge >= 0.3 is 0 Å². The highest BCUT2D eigenvalue weighted by molar-refractivity contribution is 6.42. The van der Waals surface area contributed by atoms with Crippen molar-refractivity contribution in [2.24, 2.45) is 0 Å². The summed E-state index contributed by atoms with van der Waals surface area (Å²) in [4.78, 5) is 20.6. The molecule has 0 aliphatic rings. The number of carbonyl (C=O) groups is 1. The second-order valence-corrected chi connectivity index (χ2v) is 6.37. The molecule has 0 saturated heterocycles. The highest BCUT2D eigenvalue weighted by Crippen LogP contribution is 2.26. The molecule has 134 valence electrons. The molecule has 2 aromatic carbocycles. The Morgan fingerprint density at radius 1 is 1.00 bits per heavy atom. The van der Waals surface area contributed by atoms with Gasteiger partial charge in [0.25, 0.3) is 5.91 Å². The van der Waals surface area contributed by atoms with Gasteiger partial charge in [0.15, 0.2) is 11.5 Å². The molecule has 0 bridgehead atoms. The Bertz CT molecular complexity index is 1130. The highest BCUT2D eigenvalue weighted by Gasteiger charge is 2.13. The van der Waals surface area contributed by atoms with Gasteiger partial charge < -0.3 is 0 Å². The van der Waals surface area contributed by atoms with Crippen LogP contribution in [0.3, 0.4) is 0 Å². The number of aromatic nitrogens is 4. The number of hydrogen-bond acceptors (Lipinski definition) is 5. The lowest BCUT2D eigenvalue weighted by Gasteiger charge is -2.09. The first-order valence-electron chi connectivity index (χ1n) is 7.89. The summed E-state index contributed by atoms with van der Waals surface area (Å²) in [6.45, 7) is 0. The molecule has 7 nitrogen and oxygen atoms in total. The van der Waals surface area contributed by atoms with E-state index in [0.717, 1.165) is 0 Å². The summed E-state index contributed by atoms with van der Waals surface area (Å²) in [6, 6.07) is 14.0. The Labute approximate surface area is 163 Å². The Morgan fingerprint density at radius 3 is 2.59 bits per heavy atom. The van der Waals surface area contributed by atoms with Crippen molar-refractivity contribution >= 4 is 46.0 Å². The second kappa shape index (κ2) is 7.22. The molecule has 2 N–H and O–H groups in total. The maximum Gasteiger partial charge on any atom is 0.269 e. The van der Waals surface area contributed by atoms with E-state index in [4.69, 9.17) is 23.2 Å². The average molecular weight is 399 g/mol. The van der Waals surface area contributed by atoms with Crippen LogP contribution in [-0.2, 0) is 0 Å². The minimum atomic E-state index is -0.278. The molecule has 2 aromatic heterocycles. The number of rotatable bonds is 4. The lowest BCUT2D eigenvalue weighted by Crippen LogP contribution is -2.29. The maximum atomic E-state index is 12.2. The molecule has 4 rings (SSSR count). The Balaban J connectivity index is 1.63. The van der Waals surface area contributed by atoms with E-state index in [2.05, 4.69) is 25.9 Å². The third-order valence-electron chi connectivity index (χ3n) is 3.84. The van der Waals surface area contributed by atoms with Crippen molar-refractivity contribution in [3.8, 4) is 5.69 Å². The van der Waals surface area contributed by atoms with E-state index >= 15 is 0 Å². The van der Waals surface area contributed by atoms with Crippen molar-refractivity contribution in [3.05, 3.63) is 76.7 Å². The van der Waals surface area contributed by atoms with Gasteiger partial charge in [-0.1, -0.05) is 41.4 Å². The zero-order chi connectivity index (χ0) is 18.8. The molecule has 0 aliphatic carbocycles. The summed E-state index contributed by atoms with van der Waals surface area (Å²) in [6.07, 6.45) is 2.99.